The van der Waals surface area contributed by atoms with Crippen LogP contribution in [0.15, 0.2) is 0 Å². The van der Waals surface area contributed by atoms with Gasteiger partial charge in [-0.2, -0.15) is 0 Å². The van der Waals surface area contributed by atoms with E-state index < -0.39 is 7.83 Å². The molecule has 5 heteroatoms. The minimum Gasteiger partial charge on any atom is -0.269 e. The number of hydrogen-bond donors (Lipinski definition) is 0. The monoisotopic (exact) mass is 163 g/mol. The third-order valence-corrected chi connectivity index (χ3v) is 0. The fourth-order valence-electron chi connectivity index (χ4n) is 0. The van der Waals surface area contributed by atoms with Crippen LogP contribution in [-0.2, 0) is 24.9 Å². The third-order valence-electron chi connectivity index (χ3n) is 0. The molecule has 0 unspecified atom stereocenters. The summed E-state index contributed by atoms with van der Waals surface area (Å²) in [6, 6.07) is 0. The van der Waals surface area contributed by atoms with Crippen LogP contribution < -0.4 is 0 Å². The topological polar surface area (TPSA) is 34.1 Å². The summed E-state index contributed by atoms with van der Waals surface area (Å²) in [4.78, 5) is 0. The van der Waals surface area contributed by atoms with Gasteiger partial charge < -0.3 is 0 Å². The minimum atomic E-state index is -2.54. The molecule has 0 aliphatic carbocycles. The van der Waals surface area contributed by atoms with Gasteiger partial charge in [0.1, 0.15) is 0 Å². The van der Waals surface area contributed by atoms with Gasteiger partial charge in [-0.15, -0.1) is 0 Å². The average Bonchev–Trinajstić information content (AvgIpc) is 0.722. The van der Waals surface area contributed by atoms with Crippen molar-refractivity contribution < 1.29 is 30.2 Å². The molecule has 0 aromatic carbocycles. The average molecular weight is 164 g/mol. The van der Waals surface area contributed by atoms with Crippen molar-refractivity contribution in [3.63, 3.8) is 0 Å². The van der Waals surface area contributed by atoms with Crippen LogP contribution in [0.2, 0.25) is 0 Å². The van der Waals surface area contributed by atoms with E-state index in [2.05, 4.69) is 0 Å². The molecule has 6 heavy (non-hydrogen) atoms. The Morgan fingerprint density at radius 1 is 1.50 bits per heavy atom. The van der Waals surface area contributed by atoms with Crippen molar-refractivity contribution in [3.8, 4) is 0 Å². The Hall–Kier alpha value is 0.503. The molecule has 0 aromatic heterocycles. The van der Waals surface area contributed by atoms with Gasteiger partial charge in [0, 0.05) is 0 Å². The zero-order chi connectivity index (χ0) is 4.50. The molecule has 0 aromatic rings. The molecule has 35 valence electrons. The molecule has 0 saturated heterocycles. The molecule has 0 spiro atoms. The molecule has 0 bridgehead atoms. The van der Waals surface area contributed by atoms with E-state index in [0.29, 0.717) is 17.1 Å². The molecule has 0 rings (SSSR count). The number of hydrogen-bond acceptors (Lipinski definition) is 2. The van der Waals surface area contributed by atoms with Crippen molar-refractivity contribution in [1.82, 2.24) is 0 Å². The van der Waals surface area contributed by atoms with Crippen LogP contribution in [-0.4, -0.2) is 14.7 Å². The maximum atomic E-state index is 9.69. The summed E-state index contributed by atoms with van der Waals surface area (Å²) in [6.07, 6.45) is 1.22. The first-order valence-corrected chi connectivity index (χ1v) is 6.72. The molecule has 0 aliphatic heterocycles. The van der Waals surface area contributed by atoms with Crippen molar-refractivity contribution >= 4 is 7.83 Å². The first kappa shape index (κ1) is 9.71. The summed E-state index contributed by atoms with van der Waals surface area (Å²) < 4.78 is 19.4. The molecule has 0 N–H and O–H groups in total. The van der Waals surface area contributed by atoms with Crippen molar-refractivity contribution in [2.24, 2.45) is 0 Å². The zero-order valence-corrected chi connectivity index (χ0v) is 7.12. The van der Waals surface area contributed by atoms with E-state index in [1.807, 2.05) is 0 Å². The number of rotatable bonds is 0. The quantitative estimate of drug-likeness (QED) is 0.459. The summed E-state index contributed by atoms with van der Waals surface area (Å²) in [5, 5.41) is 0. The Morgan fingerprint density at radius 3 is 1.50 bits per heavy atom. The zero-order valence-electron chi connectivity index (χ0n) is 3.34. The maximum absolute atomic E-state index is 9.69. The van der Waals surface area contributed by atoms with Gasteiger partial charge in [0.25, 0.3) is 0 Å². The molecule has 0 aliphatic rings. The van der Waals surface area contributed by atoms with Crippen LogP contribution >= 0.6 is 0 Å². The predicted octanol–water partition coefficient (Wildman–Crippen LogP) is -0.355. The number of halogens is 1. The van der Waals surface area contributed by atoms with E-state index in [4.69, 9.17) is 0 Å². The van der Waals surface area contributed by atoms with Crippen LogP contribution in [0.3, 0.4) is 0 Å². The van der Waals surface area contributed by atoms with Crippen molar-refractivity contribution in [2.45, 2.75) is 0 Å². The van der Waals surface area contributed by atoms with Gasteiger partial charge in [0.2, 0.25) is 0 Å². The van der Waals surface area contributed by atoms with Gasteiger partial charge in [-0.25, -0.2) is 0 Å². The fourth-order valence-corrected chi connectivity index (χ4v) is 0. The molecular weight excluding hydrogens is 160 g/mol. The third kappa shape index (κ3) is 218. The Labute approximate surface area is 44.7 Å². The van der Waals surface area contributed by atoms with Gasteiger partial charge in [0.15, 0.2) is 0 Å². The molecule has 0 atom stereocenters. The van der Waals surface area contributed by atoms with Gasteiger partial charge >= 0.3 is 39.6 Å². The van der Waals surface area contributed by atoms with Gasteiger partial charge in [0.05, 0.1) is 0 Å². The van der Waals surface area contributed by atoms with E-state index in [1.165, 1.54) is 6.26 Å². The summed E-state index contributed by atoms with van der Waals surface area (Å²) in [6.45, 7) is 0. The Kier molecular flexibility index (Phi) is 4.27. The molecule has 0 radical (unpaired) electrons. The molecular formula is CH4FO2SZn. The van der Waals surface area contributed by atoms with E-state index in [-0.39, 0.29) is 4.70 Å². The Balaban J connectivity index is 0. The van der Waals surface area contributed by atoms with E-state index in [9.17, 15) is 8.42 Å². The van der Waals surface area contributed by atoms with E-state index >= 15 is 0 Å². The standard InChI is InChI=1S/CH3O2S.FH.Zn/c1-4(2)3;;/h1H3;1H;. The molecule has 0 fully saturated rings. The Bertz CT molecular complexity index is 96.7. The second kappa shape index (κ2) is 2.64. The van der Waals surface area contributed by atoms with E-state index in [0.717, 1.165) is 0 Å². The summed E-state index contributed by atoms with van der Waals surface area (Å²) in [5.74, 6) is 0. The maximum Gasteiger partial charge on any atom is -0.269 e. The SMILES string of the molecule is C[S](=O)(=O)[Zn].F. The fraction of sp³-hybridized carbons (Fsp3) is 1.00. The molecule has 0 saturated carbocycles. The van der Waals surface area contributed by atoms with Gasteiger partial charge in [-0.3, -0.25) is 4.70 Å². The molecule has 0 amide bonds. The molecule has 2 nitrogen and oxygen atoms in total. The summed E-state index contributed by atoms with van der Waals surface area (Å²) >= 11 is 0.368. The Morgan fingerprint density at radius 2 is 1.50 bits per heavy atom. The van der Waals surface area contributed by atoms with E-state index in [1.54, 1.807) is 0 Å². The largest absolute Gasteiger partial charge is 0.269 e. The van der Waals surface area contributed by atoms with Crippen LogP contribution in [0.4, 0.5) is 4.70 Å². The molecule has 0 heterocycles. The summed E-state index contributed by atoms with van der Waals surface area (Å²) in [5.41, 5.74) is 0. The smallest absolute Gasteiger partial charge is 0.269 e. The van der Waals surface area contributed by atoms with Crippen LogP contribution in [0.25, 0.3) is 0 Å². The predicted molar refractivity (Wildman–Crippen MR) is 17.3 cm³/mol. The van der Waals surface area contributed by atoms with Crippen molar-refractivity contribution in [2.75, 3.05) is 6.26 Å². The van der Waals surface area contributed by atoms with Crippen molar-refractivity contribution in [3.05, 3.63) is 0 Å². The normalized spacial score (nSPS) is 9.83. The first-order valence-electron chi connectivity index (χ1n) is 1.03. The van der Waals surface area contributed by atoms with Crippen LogP contribution in [0.5, 0.6) is 0 Å². The van der Waals surface area contributed by atoms with Crippen molar-refractivity contribution in [1.29, 1.82) is 0 Å². The minimum absolute atomic E-state index is 0. The summed E-state index contributed by atoms with van der Waals surface area (Å²) in [7, 11) is -2.54. The van der Waals surface area contributed by atoms with Gasteiger partial charge in [-0.05, 0) is 0 Å². The van der Waals surface area contributed by atoms with Crippen LogP contribution in [0.1, 0.15) is 0 Å². The van der Waals surface area contributed by atoms with Crippen LogP contribution in [0, 0.1) is 0 Å². The second-order valence-electron chi connectivity index (χ2n) is 0.926. The first-order chi connectivity index (χ1) is 2.00. The second-order valence-corrected chi connectivity index (χ2v) is 9.38. The van der Waals surface area contributed by atoms with Gasteiger partial charge in [-0.1, -0.05) is 0 Å².